The highest BCUT2D eigenvalue weighted by Crippen LogP contribution is 2.34. The Kier molecular flexibility index (Phi) is 4.91. The maximum absolute atomic E-state index is 6.17. The van der Waals surface area contributed by atoms with E-state index in [4.69, 9.17) is 5.73 Å². The quantitative estimate of drug-likeness (QED) is 0.915. The topological polar surface area (TPSA) is 29.3 Å². The Hall–Kier alpha value is -1.64. The number of hydrogen-bond donors (Lipinski definition) is 1. The van der Waals surface area contributed by atoms with E-state index in [2.05, 4.69) is 65.6 Å². The van der Waals surface area contributed by atoms with Crippen LogP contribution >= 0.6 is 0 Å². The number of nitrogens with two attached hydrogens (primary N) is 1. The van der Waals surface area contributed by atoms with Crippen molar-refractivity contribution < 1.29 is 0 Å². The first kappa shape index (κ1) is 15.3. The van der Waals surface area contributed by atoms with Gasteiger partial charge in [0.1, 0.15) is 0 Å². The van der Waals surface area contributed by atoms with E-state index in [1.165, 1.54) is 24.0 Å². The Balaban J connectivity index is 1.59. The van der Waals surface area contributed by atoms with Crippen molar-refractivity contribution in [3.8, 4) is 0 Å². The summed E-state index contributed by atoms with van der Waals surface area (Å²) >= 11 is 0. The van der Waals surface area contributed by atoms with E-state index in [-0.39, 0.29) is 5.41 Å². The number of rotatable bonds is 5. The highest BCUT2D eigenvalue weighted by Gasteiger charge is 2.33. The Morgan fingerprint density at radius 3 is 1.91 bits per heavy atom. The molecule has 1 saturated heterocycles. The van der Waals surface area contributed by atoms with Gasteiger partial charge in [0.25, 0.3) is 0 Å². The van der Waals surface area contributed by atoms with E-state index in [0.717, 1.165) is 32.6 Å². The number of likely N-dealkylation sites (tertiary alicyclic amines) is 1. The van der Waals surface area contributed by atoms with Crippen LogP contribution in [0.25, 0.3) is 0 Å². The van der Waals surface area contributed by atoms with Crippen molar-refractivity contribution in [3.05, 3.63) is 71.8 Å². The van der Waals surface area contributed by atoms with Gasteiger partial charge in [-0.25, -0.2) is 0 Å². The molecule has 2 aromatic rings. The SMILES string of the molecule is NCC1(Cc2ccccc2)CCN(Cc2ccccc2)CC1. The number of hydrogen-bond acceptors (Lipinski definition) is 2. The average Bonchev–Trinajstić information content (AvgIpc) is 2.59. The summed E-state index contributed by atoms with van der Waals surface area (Å²) in [5.41, 5.74) is 9.28. The van der Waals surface area contributed by atoms with Crippen molar-refractivity contribution in [1.29, 1.82) is 0 Å². The highest BCUT2D eigenvalue weighted by atomic mass is 15.1. The summed E-state index contributed by atoms with van der Waals surface area (Å²) in [5.74, 6) is 0. The molecule has 0 atom stereocenters. The molecular formula is C20H26N2. The van der Waals surface area contributed by atoms with Crippen molar-refractivity contribution in [2.45, 2.75) is 25.8 Å². The molecule has 1 heterocycles. The zero-order chi connectivity index (χ0) is 15.3. The number of benzene rings is 2. The summed E-state index contributed by atoms with van der Waals surface area (Å²) in [7, 11) is 0. The molecule has 0 amide bonds. The molecule has 0 bridgehead atoms. The first-order chi connectivity index (χ1) is 10.8. The third kappa shape index (κ3) is 3.76. The lowest BCUT2D eigenvalue weighted by atomic mass is 9.74. The summed E-state index contributed by atoms with van der Waals surface area (Å²) in [5, 5.41) is 0. The smallest absolute Gasteiger partial charge is 0.0233 e. The fourth-order valence-electron chi connectivity index (χ4n) is 3.51. The van der Waals surface area contributed by atoms with Crippen LogP contribution < -0.4 is 5.73 Å². The summed E-state index contributed by atoms with van der Waals surface area (Å²) in [6, 6.07) is 21.6. The van der Waals surface area contributed by atoms with Gasteiger partial charge >= 0.3 is 0 Å². The largest absolute Gasteiger partial charge is 0.330 e. The molecule has 0 saturated carbocycles. The average molecular weight is 294 g/mol. The van der Waals surface area contributed by atoms with E-state index in [0.29, 0.717) is 0 Å². The molecule has 0 radical (unpaired) electrons. The second-order valence-electron chi connectivity index (χ2n) is 6.63. The second-order valence-corrected chi connectivity index (χ2v) is 6.63. The van der Waals surface area contributed by atoms with Crippen molar-refractivity contribution in [3.63, 3.8) is 0 Å². The number of piperidine rings is 1. The standard InChI is InChI=1S/C20H26N2/c21-17-20(15-18-7-3-1-4-8-18)11-13-22(14-12-20)16-19-9-5-2-6-10-19/h1-10H,11-17,21H2. The van der Waals surface area contributed by atoms with Crippen molar-refractivity contribution in [2.75, 3.05) is 19.6 Å². The van der Waals surface area contributed by atoms with Gasteiger partial charge in [0, 0.05) is 6.54 Å². The maximum atomic E-state index is 6.17. The fraction of sp³-hybridized carbons (Fsp3) is 0.400. The van der Waals surface area contributed by atoms with Crippen LogP contribution in [-0.4, -0.2) is 24.5 Å². The highest BCUT2D eigenvalue weighted by molar-refractivity contribution is 5.18. The minimum atomic E-state index is 0.286. The minimum Gasteiger partial charge on any atom is -0.330 e. The fourth-order valence-corrected chi connectivity index (χ4v) is 3.51. The lowest BCUT2D eigenvalue weighted by molar-refractivity contribution is 0.104. The first-order valence-electron chi connectivity index (χ1n) is 8.30. The first-order valence-corrected chi connectivity index (χ1v) is 8.30. The zero-order valence-electron chi connectivity index (χ0n) is 13.2. The molecule has 0 unspecified atom stereocenters. The van der Waals surface area contributed by atoms with Crippen molar-refractivity contribution >= 4 is 0 Å². The van der Waals surface area contributed by atoms with Crippen LogP contribution in [0.15, 0.2) is 60.7 Å². The predicted molar refractivity (Wildman–Crippen MR) is 92.6 cm³/mol. The van der Waals surface area contributed by atoms with Crippen LogP contribution in [0.5, 0.6) is 0 Å². The van der Waals surface area contributed by atoms with Crippen LogP contribution in [0.3, 0.4) is 0 Å². The minimum absolute atomic E-state index is 0.286. The second kappa shape index (κ2) is 7.08. The number of nitrogens with zero attached hydrogens (tertiary/aromatic N) is 1. The molecule has 1 aliphatic heterocycles. The van der Waals surface area contributed by atoms with Crippen molar-refractivity contribution in [2.24, 2.45) is 11.1 Å². The van der Waals surface area contributed by atoms with Crippen LogP contribution in [0.4, 0.5) is 0 Å². The van der Waals surface area contributed by atoms with Crippen LogP contribution in [0.1, 0.15) is 24.0 Å². The molecule has 1 aliphatic rings. The van der Waals surface area contributed by atoms with Gasteiger partial charge in [0.05, 0.1) is 0 Å². The van der Waals surface area contributed by atoms with Gasteiger partial charge in [-0.15, -0.1) is 0 Å². The van der Waals surface area contributed by atoms with Gasteiger partial charge in [-0.05, 0) is 55.4 Å². The Morgan fingerprint density at radius 1 is 0.818 bits per heavy atom. The molecular weight excluding hydrogens is 268 g/mol. The normalized spacial score (nSPS) is 18.2. The molecule has 2 nitrogen and oxygen atoms in total. The molecule has 116 valence electrons. The zero-order valence-corrected chi connectivity index (χ0v) is 13.2. The van der Waals surface area contributed by atoms with Crippen molar-refractivity contribution in [1.82, 2.24) is 4.90 Å². The van der Waals surface area contributed by atoms with Gasteiger partial charge in [-0.2, -0.15) is 0 Å². The third-order valence-electron chi connectivity index (χ3n) is 5.02. The van der Waals surface area contributed by atoms with Gasteiger partial charge in [-0.1, -0.05) is 60.7 Å². The summed E-state index contributed by atoms with van der Waals surface area (Å²) < 4.78 is 0. The van der Waals surface area contributed by atoms with Gasteiger partial charge in [-0.3, -0.25) is 4.90 Å². The summed E-state index contributed by atoms with van der Waals surface area (Å²) in [6.07, 6.45) is 3.51. The molecule has 1 fully saturated rings. The Labute approximate surface area is 134 Å². The molecule has 3 rings (SSSR count). The maximum Gasteiger partial charge on any atom is 0.0233 e. The van der Waals surface area contributed by atoms with Crippen LogP contribution in [0.2, 0.25) is 0 Å². The molecule has 2 N–H and O–H groups in total. The Bertz CT molecular complexity index is 557. The monoisotopic (exact) mass is 294 g/mol. The van der Waals surface area contributed by atoms with Gasteiger partial charge < -0.3 is 5.73 Å². The van der Waals surface area contributed by atoms with Gasteiger partial charge in [0.2, 0.25) is 0 Å². The molecule has 0 spiro atoms. The van der Waals surface area contributed by atoms with Crippen LogP contribution in [-0.2, 0) is 13.0 Å². The predicted octanol–water partition coefficient (Wildman–Crippen LogP) is 3.47. The molecule has 22 heavy (non-hydrogen) atoms. The lowest BCUT2D eigenvalue weighted by Crippen LogP contribution is -2.44. The van der Waals surface area contributed by atoms with E-state index in [1.807, 2.05) is 0 Å². The van der Waals surface area contributed by atoms with E-state index in [9.17, 15) is 0 Å². The third-order valence-corrected chi connectivity index (χ3v) is 5.02. The molecule has 2 aromatic carbocycles. The van der Waals surface area contributed by atoms with E-state index < -0.39 is 0 Å². The van der Waals surface area contributed by atoms with Gasteiger partial charge in [0.15, 0.2) is 0 Å². The lowest BCUT2D eigenvalue weighted by Gasteiger charge is -2.41. The summed E-state index contributed by atoms with van der Waals surface area (Å²) in [4.78, 5) is 2.56. The molecule has 2 heteroatoms. The van der Waals surface area contributed by atoms with E-state index in [1.54, 1.807) is 0 Å². The summed E-state index contributed by atoms with van der Waals surface area (Å²) in [6.45, 7) is 4.16. The van der Waals surface area contributed by atoms with E-state index >= 15 is 0 Å². The molecule has 0 aliphatic carbocycles. The van der Waals surface area contributed by atoms with Crippen LogP contribution in [0, 0.1) is 5.41 Å². The Morgan fingerprint density at radius 2 is 1.36 bits per heavy atom. The molecule has 0 aromatic heterocycles.